The summed E-state index contributed by atoms with van der Waals surface area (Å²) in [6.07, 6.45) is -2.99. The zero-order valence-electron chi connectivity index (χ0n) is 11.9. The lowest BCUT2D eigenvalue weighted by Crippen LogP contribution is -2.32. The number of ether oxygens (including phenoxy) is 1. The minimum atomic E-state index is -4.52. The number of hydrogen-bond acceptors (Lipinski definition) is 3. The molecule has 0 spiro atoms. The molecule has 0 radical (unpaired) electrons. The molecule has 3 rings (SSSR count). The molecule has 1 amide bonds. The third kappa shape index (κ3) is 3.28. The number of nitrogens with one attached hydrogen (secondary N) is 1. The molecular weight excluding hydrogens is 309 g/mol. The number of fused-ring (bicyclic) bond motifs is 1. The first-order valence-electron chi connectivity index (χ1n) is 7.01. The van der Waals surface area contributed by atoms with Crippen LogP contribution in [0.15, 0.2) is 42.6 Å². The molecule has 1 aromatic carbocycles. The number of amides is 1. The first-order valence-corrected chi connectivity index (χ1v) is 7.01. The Bertz CT molecular complexity index is 714. The zero-order valence-corrected chi connectivity index (χ0v) is 11.9. The van der Waals surface area contributed by atoms with Crippen molar-refractivity contribution in [1.29, 1.82) is 0 Å². The monoisotopic (exact) mass is 322 g/mol. The SMILES string of the molecule is O=C(N[C@@H]1CCOc2ccccc21)c1ccc(C(F)(F)F)nc1. The van der Waals surface area contributed by atoms with Gasteiger partial charge in [-0.3, -0.25) is 9.78 Å². The summed E-state index contributed by atoms with van der Waals surface area (Å²) in [6.45, 7) is 0.465. The average molecular weight is 322 g/mol. The highest BCUT2D eigenvalue weighted by Gasteiger charge is 2.32. The van der Waals surface area contributed by atoms with Gasteiger partial charge >= 0.3 is 6.18 Å². The summed E-state index contributed by atoms with van der Waals surface area (Å²) in [5, 5.41) is 2.81. The molecule has 0 aliphatic carbocycles. The van der Waals surface area contributed by atoms with Crippen molar-refractivity contribution in [2.75, 3.05) is 6.61 Å². The minimum Gasteiger partial charge on any atom is -0.493 e. The number of pyridine rings is 1. The molecule has 1 atom stereocenters. The lowest BCUT2D eigenvalue weighted by Gasteiger charge is -2.26. The molecule has 0 saturated carbocycles. The first kappa shape index (κ1) is 15.3. The number of carbonyl (C=O) groups excluding carboxylic acids is 1. The Morgan fingerprint density at radius 2 is 2.00 bits per heavy atom. The van der Waals surface area contributed by atoms with Crippen molar-refractivity contribution in [2.24, 2.45) is 0 Å². The zero-order chi connectivity index (χ0) is 16.4. The van der Waals surface area contributed by atoms with Gasteiger partial charge in [-0.05, 0) is 18.2 Å². The minimum absolute atomic E-state index is 0.0852. The third-order valence-corrected chi connectivity index (χ3v) is 3.58. The molecular formula is C16H13F3N2O2. The first-order chi connectivity index (χ1) is 10.9. The van der Waals surface area contributed by atoms with E-state index in [4.69, 9.17) is 4.74 Å². The van der Waals surface area contributed by atoms with Crippen LogP contribution in [0.4, 0.5) is 13.2 Å². The molecule has 120 valence electrons. The van der Waals surface area contributed by atoms with Gasteiger partial charge in [-0.25, -0.2) is 0 Å². The van der Waals surface area contributed by atoms with Crippen molar-refractivity contribution in [1.82, 2.24) is 10.3 Å². The molecule has 0 unspecified atom stereocenters. The second kappa shape index (κ2) is 5.91. The molecule has 2 heterocycles. The topological polar surface area (TPSA) is 51.2 Å². The second-order valence-electron chi connectivity index (χ2n) is 5.13. The van der Waals surface area contributed by atoms with E-state index in [1.54, 1.807) is 0 Å². The number of alkyl halides is 3. The smallest absolute Gasteiger partial charge is 0.433 e. The van der Waals surface area contributed by atoms with Crippen LogP contribution in [0.1, 0.15) is 34.1 Å². The van der Waals surface area contributed by atoms with Crippen LogP contribution in [-0.4, -0.2) is 17.5 Å². The summed E-state index contributed by atoms with van der Waals surface area (Å²) in [5.41, 5.74) is -0.0839. The van der Waals surface area contributed by atoms with E-state index in [-0.39, 0.29) is 11.6 Å². The van der Waals surface area contributed by atoms with Gasteiger partial charge in [0.05, 0.1) is 18.2 Å². The molecule has 1 aromatic heterocycles. The molecule has 2 aromatic rings. The van der Waals surface area contributed by atoms with Gasteiger partial charge in [-0.2, -0.15) is 13.2 Å². The van der Waals surface area contributed by atoms with E-state index in [1.807, 2.05) is 24.3 Å². The maximum atomic E-state index is 12.5. The highest BCUT2D eigenvalue weighted by Crippen LogP contribution is 2.32. The number of aromatic nitrogens is 1. The van der Waals surface area contributed by atoms with Crippen molar-refractivity contribution in [2.45, 2.75) is 18.6 Å². The Morgan fingerprint density at radius 1 is 1.22 bits per heavy atom. The van der Waals surface area contributed by atoms with Gasteiger partial charge in [0.1, 0.15) is 11.4 Å². The Labute approximate surface area is 130 Å². The van der Waals surface area contributed by atoms with E-state index in [0.29, 0.717) is 18.8 Å². The quantitative estimate of drug-likeness (QED) is 0.922. The van der Waals surface area contributed by atoms with E-state index in [1.165, 1.54) is 0 Å². The molecule has 7 heteroatoms. The summed E-state index contributed by atoms with van der Waals surface area (Å²) in [6, 6.07) is 9.02. The van der Waals surface area contributed by atoms with Gasteiger partial charge in [0, 0.05) is 18.2 Å². The van der Waals surface area contributed by atoms with Gasteiger partial charge < -0.3 is 10.1 Å². The Balaban J connectivity index is 1.75. The highest BCUT2D eigenvalue weighted by molar-refractivity contribution is 5.94. The van der Waals surface area contributed by atoms with Gasteiger partial charge in [-0.15, -0.1) is 0 Å². The lowest BCUT2D eigenvalue weighted by molar-refractivity contribution is -0.141. The molecule has 0 saturated heterocycles. The molecule has 0 bridgehead atoms. The molecule has 4 nitrogen and oxygen atoms in total. The maximum Gasteiger partial charge on any atom is 0.433 e. The Morgan fingerprint density at radius 3 is 2.70 bits per heavy atom. The Kier molecular flexibility index (Phi) is 3.94. The van der Waals surface area contributed by atoms with Crippen molar-refractivity contribution < 1.29 is 22.7 Å². The number of carbonyl (C=O) groups is 1. The molecule has 0 fully saturated rings. The molecule has 23 heavy (non-hydrogen) atoms. The lowest BCUT2D eigenvalue weighted by atomic mass is 10.0. The molecule has 1 aliphatic heterocycles. The molecule has 1 N–H and O–H groups in total. The van der Waals surface area contributed by atoms with Gasteiger partial charge in [0.25, 0.3) is 5.91 Å². The van der Waals surface area contributed by atoms with Crippen LogP contribution in [0.25, 0.3) is 0 Å². The predicted molar refractivity (Wildman–Crippen MR) is 76.0 cm³/mol. The molecule has 1 aliphatic rings. The van der Waals surface area contributed by atoms with E-state index >= 15 is 0 Å². The maximum absolute atomic E-state index is 12.5. The van der Waals surface area contributed by atoms with Crippen LogP contribution < -0.4 is 10.1 Å². The average Bonchev–Trinajstić information content (AvgIpc) is 2.54. The summed E-state index contributed by atoms with van der Waals surface area (Å²) in [5.74, 6) is 0.238. The number of hydrogen-bond donors (Lipinski definition) is 1. The van der Waals surface area contributed by atoms with Crippen LogP contribution in [0.5, 0.6) is 5.75 Å². The number of para-hydroxylation sites is 1. The van der Waals surface area contributed by atoms with Gasteiger partial charge in [-0.1, -0.05) is 18.2 Å². The van der Waals surface area contributed by atoms with E-state index in [0.717, 1.165) is 23.9 Å². The fourth-order valence-corrected chi connectivity index (χ4v) is 2.43. The van der Waals surface area contributed by atoms with Crippen molar-refractivity contribution in [3.05, 3.63) is 59.4 Å². The van der Waals surface area contributed by atoms with E-state index in [9.17, 15) is 18.0 Å². The van der Waals surface area contributed by atoms with Gasteiger partial charge in [0.15, 0.2) is 0 Å². The van der Waals surface area contributed by atoms with E-state index in [2.05, 4.69) is 10.3 Å². The van der Waals surface area contributed by atoms with Crippen LogP contribution in [-0.2, 0) is 6.18 Å². The van der Waals surface area contributed by atoms with Gasteiger partial charge in [0.2, 0.25) is 0 Å². The van der Waals surface area contributed by atoms with Crippen LogP contribution in [0.2, 0.25) is 0 Å². The summed E-state index contributed by atoms with van der Waals surface area (Å²) >= 11 is 0. The fourth-order valence-electron chi connectivity index (χ4n) is 2.43. The van der Waals surface area contributed by atoms with E-state index < -0.39 is 17.8 Å². The standard InChI is InChI=1S/C16H13F3N2O2/c17-16(18,19)14-6-5-10(9-20-14)15(22)21-12-7-8-23-13-4-2-1-3-11(12)13/h1-6,9,12H,7-8H2,(H,21,22)/t12-/m1/s1. The largest absolute Gasteiger partial charge is 0.493 e. The fraction of sp³-hybridized carbons (Fsp3) is 0.250. The number of nitrogens with zero attached hydrogens (tertiary/aromatic N) is 1. The highest BCUT2D eigenvalue weighted by atomic mass is 19.4. The van der Waals surface area contributed by atoms with Crippen molar-refractivity contribution in [3.63, 3.8) is 0 Å². The summed E-state index contributed by atoms with van der Waals surface area (Å²) < 4.78 is 43.0. The second-order valence-corrected chi connectivity index (χ2v) is 5.13. The number of rotatable bonds is 2. The predicted octanol–water partition coefficient (Wildman–Crippen LogP) is 3.35. The summed E-state index contributed by atoms with van der Waals surface area (Å²) in [7, 11) is 0. The Hall–Kier alpha value is -2.57. The normalized spacial score (nSPS) is 17.1. The number of halogens is 3. The van der Waals surface area contributed by atoms with Crippen molar-refractivity contribution in [3.8, 4) is 5.75 Å². The van der Waals surface area contributed by atoms with Crippen LogP contribution in [0, 0.1) is 0 Å². The number of benzene rings is 1. The van der Waals surface area contributed by atoms with Crippen LogP contribution in [0.3, 0.4) is 0 Å². The summed E-state index contributed by atoms with van der Waals surface area (Å²) in [4.78, 5) is 15.5. The third-order valence-electron chi connectivity index (χ3n) is 3.58. The van der Waals surface area contributed by atoms with Crippen LogP contribution >= 0.6 is 0 Å². The van der Waals surface area contributed by atoms with Crippen molar-refractivity contribution >= 4 is 5.91 Å².